The normalized spacial score (nSPS) is 14.4. The van der Waals surface area contributed by atoms with Gasteiger partial charge in [-0.25, -0.2) is 0 Å². The number of hydrogen-bond acceptors (Lipinski definition) is 6. The van der Waals surface area contributed by atoms with E-state index in [9.17, 15) is 19.8 Å². The maximum atomic E-state index is 9.63. The molecule has 0 aromatic rings. The summed E-state index contributed by atoms with van der Waals surface area (Å²) in [5, 5.41) is 35.7. The van der Waals surface area contributed by atoms with E-state index in [0.29, 0.717) is 0 Å². The van der Waals surface area contributed by atoms with Crippen LogP contribution >= 0.6 is 0 Å². The molecule has 11 heavy (non-hydrogen) atoms. The predicted molar refractivity (Wildman–Crippen MR) is 23.1 cm³/mol. The van der Waals surface area contributed by atoms with Gasteiger partial charge in [-0.3, -0.25) is 0 Å². The number of carbonyl (C=O) groups is 2. The van der Waals surface area contributed by atoms with Gasteiger partial charge >= 0.3 is 20.9 Å². The zero-order valence-electron chi connectivity index (χ0n) is 6.39. The summed E-state index contributed by atoms with van der Waals surface area (Å²) >= 11 is 0. The summed E-state index contributed by atoms with van der Waals surface area (Å²) in [5.41, 5.74) is 0. The molecule has 0 fully saturated rings. The molecular weight excluding hydrogens is 209 g/mol. The van der Waals surface area contributed by atoms with Crippen molar-refractivity contribution in [2.24, 2.45) is 0 Å². The largest absolute Gasteiger partial charge is 2.00 e. The molecule has 2 N–H and O–H groups in total. The van der Waals surface area contributed by atoms with Crippen molar-refractivity contribution in [3.8, 4) is 0 Å². The van der Waals surface area contributed by atoms with Crippen LogP contribution in [0, 0.1) is 0 Å². The maximum absolute atomic E-state index is 9.63. The third-order valence-corrected chi connectivity index (χ3v) is 0.782. The minimum atomic E-state index is -2.44. The van der Waals surface area contributed by atoms with E-state index in [1.807, 2.05) is 0 Å². The van der Waals surface area contributed by atoms with Gasteiger partial charge in [-0.05, 0) is 0 Å². The van der Waals surface area contributed by atoms with Crippen molar-refractivity contribution in [2.45, 2.75) is 12.2 Å². The first-order valence-electron chi connectivity index (χ1n) is 2.24. The number of carbonyl (C=O) groups excluding carboxylic acids is 2. The first-order valence-corrected chi connectivity index (χ1v) is 2.24. The van der Waals surface area contributed by atoms with Gasteiger partial charge in [0.1, 0.15) is 12.2 Å². The standard InChI is InChI=1S/C4H6O6.Zn/c5-1(3(7)8)2(6)4(9)10;/h1-2,5-6H,(H,7,8)(H,9,10);/q;+2/p-1. The number of rotatable bonds is 3. The average molecular weight is 214 g/mol. The molecule has 0 heterocycles. The number of hydrogen-bond donors (Lipinski definition) is 2. The summed E-state index contributed by atoms with van der Waals surface area (Å²) in [6.45, 7) is 0. The molecule has 2 unspecified atom stereocenters. The summed E-state index contributed by atoms with van der Waals surface area (Å²) in [7, 11) is 0. The number of aliphatic carboxylic acids is 2. The minimum Gasteiger partial charge on any atom is -0.547 e. The predicted octanol–water partition coefficient (Wildman–Crippen LogP) is -4.68. The van der Waals surface area contributed by atoms with Crippen LogP contribution in [0.15, 0.2) is 0 Å². The monoisotopic (exact) mass is 213 g/mol. The van der Waals surface area contributed by atoms with Crippen molar-refractivity contribution >= 4 is 11.9 Å². The average Bonchev–Trinajstić information content (AvgIpc) is 1.84. The van der Waals surface area contributed by atoms with E-state index < -0.39 is 24.1 Å². The van der Waals surface area contributed by atoms with Gasteiger partial charge in [-0.1, -0.05) is 0 Å². The van der Waals surface area contributed by atoms with E-state index in [1.165, 1.54) is 0 Å². The summed E-state index contributed by atoms with van der Waals surface area (Å²) in [4.78, 5) is 19.3. The van der Waals surface area contributed by atoms with E-state index in [-0.39, 0.29) is 20.9 Å². The maximum Gasteiger partial charge on any atom is 2.00 e. The fourth-order valence-electron chi connectivity index (χ4n) is 0.258. The number of carboxylic acids is 2. The molecule has 0 saturated carbocycles. The zero-order chi connectivity index (χ0) is 8.31. The number of aliphatic hydroxyl groups is 2. The summed E-state index contributed by atoms with van der Waals surface area (Å²) < 4.78 is 0. The van der Waals surface area contributed by atoms with Gasteiger partial charge < -0.3 is 30.0 Å². The first kappa shape index (κ1) is 13.1. The summed E-state index contributed by atoms with van der Waals surface area (Å²) in [6, 6.07) is 0. The molecule has 0 radical (unpaired) electrons. The number of aliphatic hydroxyl groups excluding tert-OH is 2. The molecule has 0 amide bonds. The first-order chi connectivity index (χ1) is 4.46. The molecule has 2 atom stereocenters. The molecule has 0 aliphatic heterocycles. The van der Waals surface area contributed by atoms with Gasteiger partial charge in [0.05, 0.1) is 11.9 Å². The van der Waals surface area contributed by atoms with Crippen LogP contribution in [0.1, 0.15) is 1.43 Å². The van der Waals surface area contributed by atoms with Gasteiger partial charge in [0.25, 0.3) is 0 Å². The van der Waals surface area contributed by atoms with Gasteiger partial charge in [0.2, 0.25) is 0 Å². The van der Waals surface area contributed by atoms with Gasteiger partial charge in [0.15, 0.2) is 0 Å². The van der Waals surface area contributed by atoms with Crippen molar-refractivity contribution in [2.75, 3.05) is 0 Å². The Morgan fingerprint density at radius 3 is 1.36 bits per heavy atom. The van der Waals surface area contributed by atoms with Gasteiger partial charge in [-0.15, -0.1) is 0 Å². The van der Waals surface area contributed by atoms with Crippen molar-refractivity contribution in [1.29, 1.82) is 0 Å². The Hall–Kier alpha value is -0.517. The second-order valence-corrected chi connectivity index (χ2v) is 1.53. The van der Waals surface area contributed by atoms with Crippen molar-refractivity contribution in [1.82, 2.24) is 0 Å². The third kappa shape index (κ3) is 4.03. The van der Waals surface area contributed by atoms with Crippen LogP contribution in [0.5, 0.6) is 0 Å². The van der Waals surface area contributed by atoms with Crippen molar-refractivity contribution in [3.05, 3.63) is 0 Å². The fraction of sp³-hybridized carbons (Fsp3) is 0.500. The van der Waals surface area contributed by atoms with Crippen LogP contribution in [-0.4, -0.2) is 34.4 Å². The SMILES string of the molecule is O=C([O-])C(O)C(O)C(=O)[O-].[H+].[Zn+2]. The molecule has 0 bridgehead atoms. The molecule has 0 aliphatic rings. The van der Waals surface area contributed by atoms with Crippen LogP contribution < -0.4 is 10.2 Å². The van der Waals surface area contributed by atoms with E-state index in [1.54, 1.807) is 0 Å². The zero-order valence-corrected chi connectivity index (χ0v) is 8.36. The van der Waals surface area contributed by atoms with Crippen LogP contribution in [0.3, 0.4) is 0 Å². The Bertz CT molecular complexity index is 144. The number of carboxylic acid groups (broad SMARTS) is 2. The van der Waals surface area contributed by atoms with Crippen LogP contribution in [-0.2, 0) is 29.1 Å². The molecule has 0 rings (SSSR count). The molecule has 0 saturated heterocycles. The van der Waals surface area contributed by atoms with E-state index in [0.717, 1.165) is 0 Å². The summed E-state index contributed by atoms with van der Waals surface area (Å²) in [5.74, 6) is -4.12. The third-order valence-electron chi connectivity index (χ3n) is 0.782. The molecule has 0 aliphatic carbocycles. The molecular formula is C4H5O6Zn+. The Labute approximate surface area is 75.7 Å². The second kappa shape index (κ2) is 5.18. The van der Waals surface area contributed by atoms with Crippen molar-refractivity contribution < 1.29 is 50.9 Å². The van der Waals surface area contributed by atoms with E-state index in [4.69, 9.17) is 10.2 Å². The Kier molecular flexibility index (Phi) is 6.16. The van der Waals surface area contributed by atoms with Crippen LogP contribution in [0.4, 0.5) is 0 Å². The minimum absolute atomic E-state index is 0. The van der Waals surface area contributed by atoms with Crippen molar-refractivity contribution in [3.63, 3.8) is 0 Å². The summed E-state index contributed by atoms with van der Waals surface area (Å²) in [6.07, 6.45) is -4.88. The van der Waals surface area contributed by atoms with E-state index in [2.05, 4.69) is 0 Å². The Morgan fingerprint density at radius 1 is 1.09 bits per heavy atom. The smallest absolute Gasteiger partial charge is 0.547 e. The molecule has 58 valence electrons. The van der Waals surface area contributed by atoms with Gasteiger partial charge in [0, 0.05) is 0 Å². The van der Waals surface area contributed by atoms with E-state index >= 15 is 0 Å². The molecule has 7 heteroatoms. The second-order valence-electron chi connectivity index (χ2n) is 1.53. The van der Waals surface area contributed by atoms with Crippen LogP contribution in [0.2, 0.25) is 0 Å². The molecule has 0 aromatic heterocycles. The Morgan fingerprint density at radius 2 is 1.27 bits per heavy atom. The molecule has 0 spiro atoms. The fourth-order valence-corrected chi connectivity index (χ4v) is 0.258. The van der Waals surface area contributed by atoms with Crippen LogP contribution in [0.25, 0.3) is 0 Å². The topological polar surface area (TPSA) is 121 Å². The molecule has 6 nitrogen and oxygen atoms in total. The molecule has 0 aromatic carbocycles. The quantitative estimate of drug-likeness (QED) is 0.456. The Balaban J connectivity index is -0.000000405. The van der Waals surface area contributed by atoms with Gasteiger partial charge in [-0.2, -0.15) is 0 Å².